The summed E-state index contributed by atoms with van der Waals surface area (Å²) in [6.07, 6.45) is 5.09. The van der Waals surface area contributed by atoms with Crippen LogP contribution in [0, 0.1) is 29.1 Å². The van der Waals surface area contributed by atoms with Crippen molar-refractivity contribution in [1.82, 2.24) is 40.0 Å². The van der Waals surface area contributed by atoms with Crippen LogP contribution < -0.4 is 10.7 Å². The van der Waals surface area contributed by atoms with E-state index in [1.54, 1.807) is 25.3 Å². The molecule has 4 aromatic rings. The van der Waals surface area contributed by atoms with Gasteiger partial charge in [-0.25, -0.2) is 5.43 Å². The van der Waals surface area contributed by atoms with Crippen LogP contribution in [0.3, 0.4) is 0 Å². The van der Waals surface area contributed by atoms with Gasteiger partial charge in [-0.3, -0.25) is 38.9 Å². The molecular formula is C58H76N8O8. The number of esters is 1. The minimum absolute atomic E-state index is 0.130. The van der Waals surface area contributed by atoms with Crippen LogP contribution in [0.25, 0.3) is 33.3 Å². The van der Waals surface area contributed by atoms with E-state index >= 15 is 0 Å². The van der Waals surface area contributed by atoms with Gasteiger partial charge in [-0.2, -0.15) is 0 Å². The fraction of sp³-hybridized carbons (Fsp3) is 0.552. The summed E-state index contributed by atoms with van der Waals surface area (Å²) in [5.74, 6) is 3.35. The molecule has 74 heavy (non-hydrogen) atoms. The number of carbonyl (C=O) groups excluding carboxylic acids is 5. The molecule has 4 amide bonds. The molecule has 2 aromatic carbocycles. The molecule has 16 nitrogen and oxygen atoms in total. The van der Waals surface area contributed by atoms with E-state index in [1.165, 1.54) is 9.91 Å². The third kappa shape index (κ3) is 11.4. The van der Waals surface area contributed by atoms with Crippen LogP contribution in [0.4, 0.5) is 0 Å². The molecule has 5 atom stereocenters. The van der Waals surface area contributed by atoms with E-state index in [2.05, 4.69) is 84.3 Å². The Labute approximate surface area is 436 Å². The summed E-state index contributed by atoms with van der Waals surface area (Å²) in [6, 6.07) is 15.8. The number of rotatable bonds is 10. The number of hydrazine groups is 1. The predicted molar refractivity (Wildman–Crippen MR) is 284 cm³/mol. The Morgan fingerprint density at radius 3 is 2.46 bits per heavy atom. The number of nitrogens with zero attached hydrogens (tertiary/aromatic N) is 6. The van der Waals surface area contributed by atoms with Crippen LogP contribution in [-0.4, -0.2) is 150 Å². The molecule has 1 unspecified atom stereocenters. The smallest absolute Gasteiger partial charge is 0.324 e. The van der Waals surface area contributed by atoms with Crippen molar-refractivity contribution in [1.29, 1.82) is 0 Å². The minimum Gasteiger partial charge on any atom is -0.464 e. The largest absolute Gasteiger partial charge is 0.464 e. The van der Waals surface area contributed by atoms with Crippen molar-refractivity contribution in [2.24, 2.45) is 17.3 Å². The molecule has 3 fully saturated rings. The number of benzene rings is 2. The summed E-state index contributed by atoms with van der Waals surface area (Å²) < 4.78 is 19.9. The van der Waals surface area contributed by atoms with Gasteiger partial charge < -0.3 is 33.9 Å². The van der Waals surface area contributed by atoms with Gasteiger partial charge in [-0.15, -0.1) is 0 Å². The lowest BCUT2D eigenvalue weighted by Crippen LogP contribution is -2.62. The van der Waals surface area contributed by atoms with Gasteiger partial charge in [0, 0.05) is 101 Å². The van der Waals surface area contributed by atoms with Crippen molar-refractivity contribution < 1.29 is 38.2 Å². The highest BCUT2D eigenvalue weighted by molar-refractivity contribution is 5.97. The average Bonchev–Trinajstić information content (AvgIpc) is 4.01. The number of likely N-dealkylation sites (tertiary alicyclic amines) is 1. The lowest BCUT2D eigenvalue weighted by Gasteiger charge is -2.38. The Kier molecular flexibility index (Phi) is 16.7. The van der Waals surface area contributed by atoms with Gasteiger partial charge in [0.1, 0.15) is 18.1 Å². The van der Waals surface area contributed by atoms with E-state index in [9.17, 15) is 24.0 Å². The number of cyclic esters (lactones) is 1. The Balaban J connectivity index is 1.10. The van der Waals surface area contributed by atoms with Gasteiger partial charge in [0.05, 0.1) is 35.6 Å². The molecule has 3 saturated heterocycles. The van der Waals surface area contributed by atoms with Crippen molar-refractivity contribution in [3.8, 4) is 34.2 Å². The highest BCUT2D eigenvalue weighted by Crippen LogP contribution is 2.42. The van der Waals surface area contributed by atoms with E-state index in [-0.39, 0.29) is 43.4 Å². The standard InChI is InChI=1S/C58H76N8O8/c1-11-65-48-20-19-41-33-44(48)45(52(65)43-17-13-26-59-50(43)38(4)72-10)34-57(5,6)36-74-56(71)46-18-14-27-66(61-46)55(70)47(32-39-15-12-16-40(41)31-39)60-53(68)51(37(2)3)63(9)54(69)42-22-28-64(35-42)49(67)21-23-58(62(7)8)24-29-73-30-25-58/h12-13,15-17,19-20,26,31,33,37-38,42,46-47,51,61H,11,14,18,22,24-25,27-30,32,34-36H2,1-10H3,(H,60,68)/t38-,42?,46-,47-,51-/m0/s1. The molecule has 2 N–H and O–H groups in total. The number of aryl methyl sites for hydroxylation is 1. The molecule has 396 valence electrons. The zero-order chi connectivity index (χ0) is 53.1. The molecule has 6 bridgehead atoms. The molecule has 16 heteroatoms. The lowest BCUT2D eigenvalue weighted by atomic mass is 9.84. The Hall–Kier alpha value is -6.12. The van der Waals surface area contributed by atoms with Gasteiger partial charge in [0.15, 0.2) is 0 Å². The molecule has 0 spiro atoms. The van der Waals surface area contributed by atoms with Crippen LogP contribution >= 0.6 is 0 Å². The van der Waals surface area contributed by atoms with Gasteiger partial charge in [-0.1, -0.05) is 63.9 Å². The molecule has 0 radical (unpaired) electrons. The summed E-state index contributed by atoms with van der Waals surface area (Å²) in [7, 11) is 7.24. The SMILES string of the molecule is CCn1c(-c2cccnc2[C@H](C)OC)c2c3cc(ccc31)-c1cccc(c1)C[C@H](NC(=O)[C@H](C(C)C)N(C)C(=O)C1CCN(C(=O)C#CC3(N(C)C)CCOCC3)C1)C(=O)N1CCC[C@H](N1)C(=O)OCC(C)(C)C2. The number of pyridine rings is 1. The summed E-state index contributed by atoms with van der Waals surface area (Å²) in [6.45, 7) is 15.0. The van der Waals surface area contributed by atoms with Crippen molar-refractivity contribution in [2.75, 3.05) is 67.7 Å². The summed E-state index contributed by atoms with van der Waals surface area (Å²) in [4.78, 5) is 81.4. The first-order valence-corrected chi connectivity index (χ1v) is 26.5. The Morgan fingerprint density at radius 1 is 0.986 bits per heavy atom. The zero-order valence-electron chi connectivity index (χ0n) is 45.1. The minimum atomic E-state index is -1.07. The number of aromatic nitrogens is 2. The molecule has 0 aliphatic carbocycles. The quantitative estimate of drug-likeness (QED) is 0.137. The number of likely N-dealkylation sites (N-methyl/N-ethyl adjacent to an activating group) is 1. The predicted octanol–water partition coefficient (Wildman–Crippen LogP) is 6.19. The van der Waals surface area contributed by atoms with Crippen LogP contribution in [0.1, 0.15) is 96.6 Å². The highest BCUT2D eigenvalue weighted by Gasteiger charge is 2.41. The van der Waals surface area contributed by atoms with E-state index in [1.807, 2.05) is 58.0 Å². The van der Waals surface area contributed by atoms with Gasteiger partial charge in [0.2, 0.25) is 11.8 Å². The number of nitrogens with one attached hydrogen (secondary N) is 2. The molecular weight excluding hydrogens is 937 g/mol. The topological polar surface area (TPSA) is 168 Å². The van der Waals surface area contributed by atoms with Gasteiger partial charge in [0.25, 0.3) is 11.8 Å². The maximum atomic E-state index is 14.9. The molecule has 4 aliphatic rings. The monoisotopic (exact) mass is 1010 g/mol. The number of hydrogen-bond donors (Lipinski definition) is 2. The number of amides is 4. The third-order valence-corrected chi connectivity index (χ3v) is 15.7. The summed E-state index contributed by atoms with van der Waals surface area (Å²) in [5.41, 5.74) is 10.00. The van der Waals surface area contributed by atoms with E-state index in [0.717, 1.165) is 50.1 Å². The molecule has 6 heterocycles. The number of ether oxygens (including phenoxy) is 3. The normalized spacial score (nSPS) is 21.9. The number of carbonyl (C=O) groups is 5. The van der Waals surface area contributed by atoms with Gasteiger partial charge >= 0.3 is 5.97 Å². The van der Waals surface area contributed by atoms with E-state index < -0.39 is 52.8 Å². The summed E-state index contributed by atoms with van der Waals surface area (Å²) >= 11 is 0. The second-order valence-electron chi connectivity index (χ2n) is 22.0. The van der Waals surface area contributed by atoms with Gasteiger partial charge in [-0.05, 0) is 112 Å². The Bertz CT molecular complexity index is 2800. The average molecular weight is 1010 g/mol. The van der Waals surface area contributed by atoms with Crippen molar-refractivity contribution in [3.63, 3.8) is 0 Å². The Morgan fingerprint density at radius 2 is 1.74 bits per heavy atom. The molecule has 4 aliphatic heterocycles. The number of hydrogen-bond acceptors (Lipinski definition) is 11. The van der Waals surface area contributed by atoms with Crippen molar-refractivity contribution in [3.05, 3.63) is 77.6 Å². The van der Waals surface area contributed by atoms with Crippen LogP contribution in [0.5, 0.6) is 0 Å². The second kappa shape index (κ2) is 22.8. The second-order valence-corrected chi connectivity index (χ2v) is 22.0. The summed E-state index contributed by atoms with van der Waals surface area (Å²) in [5, 5.41) is 5.61. The van der Waals surface area contributed by atoms with Crippen molar-refractivity contribution in [2.45, 2.75) is 123 Å². The number of methoxy groups -OCH3 is 1. The highest BCUT2D eigenvalue weighted by atomic mass is 16.5. The maximum Gasteiger partial charge on any atom is 0.324 e. The van der Waals surface area contributed by atoms with Crippen molar-refractivity contribution >= 4 is 40.5 Å². The zero-order valence-corrected chi connectivity index (χ0v) is 45.1. The van der Waals surface area contributed by atoms with E-state index in [4.69, 9.17) is 19.2 Å². The number of fused-ring (bicyclic) bond motifs is 6. The molecule has 2 aromatic heterocycles. The van der Waals surface area contributed by atoms with Crippen LogP contribution in [-0.2, 0) is 57.6 Å². The van der Waals surface area contributed by atoms with Crippen LogP contribution in [0.2, 0.25) is 0 Å². The molecule has 0 saturated carbocycles. The molecule has 8 rings (SSSR count). The fourth-order valence-electron chi connectivity index (χ4n) is 11.4. The van der Waals surface area contributed by atoms with E-state index in [0.29, 0.717) is 71.4 Å². The lowest BCUT2D eigenvalue weighted by molar-refractivity contribution is -0.155. The first-order chi connectivity index (χ1) is 35.3. The first-order valence-electron chi connectivity index (χ1n) is 26.5. The first kappa shape index (κ1) is 54.2. The fourth-order valence-corrected chi connectivity index (χ4v) is 11.4. The maximum absolute atomic E-state index is 14.9. The third-order valence-electron chi connectivity index (χ3n) is 15.7. The van der Waals surface area contributed by atoms with Crippen LogP contribution in [0.15, 0.2) is 60.8 Å².